The van der Waals surface area contributed by atoms with Gasteiger partial charge in [-0.15, -0.1) is 11.6 Å². The van der Waals surface area contributed by atoms with Crippen LogP contribution >= 0.6 is 11.6 Å². The van der Waals surface area contributed by atoms with Crippen molar-refractivity contribution in [3.63, 3.8) is 0 Å². The number of hydrogen-bond donors (Lipinski definition) is 0. The zero-order chi connectivity index (χ0) is 12.0. The number of carbonyl (C=O) groups is 2. The number of halogens is 1. The Morgan fingerprint density at radius 1 is 1.24 bits per heavy atom. The summed E-state index contributed by atoms with van der Waals surface area (Å²) in [5.41, 5.74) is -0.481. The second-order valence-corrected chi connectivity index (χ2v) is 4.31. The van der Waals surface area contributed by atoms with Crippen LogP contribution in [0.3, 0.4) is 0 Å². The first-order valence-corrected chi connectivity index (χ1v) is 5.54. The van der Waals surface area contributed by atoms with Gasteiger partial charge in [-0.3, -0.25) is 9.69 Å². The summed E-state index contributed by atoms with van der Waals surface area (Å²) in [4.78, 5) is 24.4. The Morgan fingerprint density at radius 3 is 2.53 bits per heavy atom. The number of amides is 1. The van der Waals surface area contributed by atoms with Gasteiger partial charge in [-0.1, -0.05) is 18.2 Å². The first-order valence-electron chi connectivity index (χ1n) is 5.10. The first kappa shape index (κ1) is 10.4. The van der Waals surface area contributed by atoms with Crippen molar-refractivity contribution in [1.82, 2.24) is 0 Å². The van der Waals surface area contributed by atoms with E-state index in [2.05, 4.69) is 0 Å². The van der Waals surface area contributed by atoms with Crippen molar-refractivity contribution in [1.29, 1.82) is 0 Å². The fourth-order valence-electron chi connectivity index (χ4n) is 2.09. The summed E-state index contributed by atoms with van der Waals surface area (Å²) >= 11 is 5.95. The van der Waals surface area contributed by atoms with E-state index in [-0.39, 0.29) is 5.91 Å². The summed E-state index contributed by atoms with van der Waals surface area (Å²) in [6, 6.07) is 8.98. The van der Waals surface area contributed by atoms with E-state index < -0.39 is 17.1 Å². The van der Waals surface area contributed by atoms with Crippen molar-refractivity contribution in [2.24, 2.45) is 0 Å². The van der Waals surface area contributed by atoms with Crippen molar-refractivity contribution in [2.45, 2.75) is 11.1 Å². The number of ether oxygens (including phenoxy) is 1. The zero-order valence-corrected chi connectivity index (χ0v) is 9.42. The Morgan fingerprint density at radius 2 is 1.94 bits per heavy atom. The minimum atomic E-state index is -1.14. The molecule has 86 valence electrons. The molecule has 1 aromatic carbocycles. The number of para-hydroxylation sites is 1. The fourth-order valence-corrected chi connectivity index (χ4v) is 2.40. The van der Waals surface area contributed by atoms with Crippen LogP contribution in [0.5, 0.6) is 0 Å². The van der Waals surface area contributed by atoms with Crippen LogP contribution in [0.1, 0.15) is 0 Å². The zero-order valence-electron chi connectivity index (χ0n) is 8.67. The summed E-state index contributed by atoms with van der Waals surface area (Å²) in [6.45, 7) is 0. The molecule has 1 saturated heterocycles. The maximum atomic E-state index is 11.8. The standard InChI is InChI=1S/C12H8ClNO3/c13-10-11(16)14(8-4-2-1-3-5-8)12(10)7-6-9(15)17-12/h1-7,10H/t10-,12+/m0/s1. The molecule has 0 N–H and O–H groups in total. The maximum Gasteiger partial charge on any atom is 0.333 e. The number of alkyl halides is 1. The molecule has 0 unspecified atom stereocenters. The summed E-state index contributed by atoms with van der Waals surface area (Å²) in [6.07, 6.45) is 2.82. The third kappa shape index (κ3) is 1.24. The Balaban J connectivity index is 2.03. The van der Waals surface area contributed by atoms with E-state index >= 15 is 0 Å². The number of hydrogen-bond acceptors (Lipinski definition) is 3. The predicted molar refractivity (Wildman–Crippen MR) is 61.5 cm³/mol. The van der Waals surface area contributed by atoms with E-state index in [9.17, 15) is 9.59 Å². The van der Waals surface area contributed by atoms with Crippen LogP contribution in [-0.2, 0) is 14.3 Å². The second-order valence-electron chi connectivity index (χ2n) is 3.88. The highest BCUT2D eigenvalue weighted by Gasteiger charge is 2.63. The van der Waals surface area contributed by atoms with Gasteiger partial charge < -0.3 is 4.74 Å². The lowest BCUT2D eigenvalue weighted by molar-refractivity contribution is -0.156. The van der Waals surface area contributed by atoms with E-state index in [0.29, 0.717) is 5.69 Å². The Hall–Kier alpha value is -1.81. The fraction of sp³-hybridized carbons (Fsp3) is 0.167. The Kier molecular flexibility index (Phi) is 2.03. The van der Waals surface area contributed by atoms with Gasteiger partial charge in [0, 0.05) is 11.8 Å². The lowest BCUT2D eigenvalue weighted by atomic mass is 9.95. The number of carbonyl (C=O) groups excluding carboxylic acids is 2. The molecule has 0 bridgehead atoms. The van der Waals surface area contributed by atoms with E-state index in [1.807, 2.05) is 6.07 Å². The number of esters is 1. The van der Waals surface area contributed by atoms with Crippen LogP contribution < -0.4 is 4.90 Å². The molecule has 1 amide bonds. The molecule has 3 rings (SSSR count). The molecule has 17 heavy (non-hydrogen) atoms. The normalized spacial score (nSPS) is 30.6. The summed E-state index contributed by atoms with van der Waals surface area (Å²) in [5.74, 6) is -0.749. The van der Waals surface area contributed by atoms with Gasteiger partial charge >= 0.3 is 5.97 Å². The van der Waals surface area contributed by atoms with Crippen LogP contribution in [0, 0.1) is 0 Å². The van der Waals surface area contributed by atoms with Gasteiger partial charge in [0.2, 0.25) is 5.72 Å². The summed E-state index contributed by atoms with van der Waals surface area (Å²) in [5, 5.41) is -0.856. The molecule has 0 aliphatic carbocycles. The molecule has 1 fully saturated rings. The number of rotatable bonds is 1. The van der Waals surface area contributed by atoms with Crippen LogP contribution in [0.4, 0.5) is 5.69 Å². The molecular formula is C12H8ClNO3. The van der Waals surface area contributed by atoms with E-state index in [1.165, 1.54) is 17.1 Å². The summed E-state index contributed by atoms with van der Waals surface area (Å²) < 4.78 is 5.16. The minimum absolute atomic E-state index is 0.266. The lowest BCUT2D eigenvalue weighted by Crippen LogP contribution is -2.72. The van der Waals surface area contributed by atoms with Crippen LogP contribution in [0.2, 0.25) is 0 Å². The molecule has 2 heterocycles. The number of nitrogens with zero attached hydrogens (tertiary/aromatic N) is 1. The molecule has 1 aromatic rings. The average molecular weight is 250 g/mol. The van der Waals surface area contributed by atoms with Gasteiger partial charge in [0.15, 0.2) is 5.38 Å². The van der Waals surface area contributed by atoms with Crippen molar-refractivity contribution in [3.05, 3.63) is 42.5 Å². The van der Waals surface area contributed by atoms with Gasteiger partial charge in [-0.2, -0.15) is 0 Å². The average Bonchev–Trinajstić information content (AvgIpc) is 2.75. The molecule has 2 aliphatic rings. The minimum Gasteiger partial charge on any atom is -0.429 e. The molecule has 0 radical (unpaired) electrons. The Labute approximate surface area is 102 Å². The van der Waals surface area contributed by atoms with Crippen LogP contribution in [-0.4, -0.2) is 23.0 Å². The largest absolute Gasteiger partial charge is 0.429 e. The summed E-state index contributed by atoms with van der Waals surface area (Å²) in [7, 11) is 0. The quantitative estimate of drug-likeness (QED) is 0.430. The SMILES string of the molecule is O=C1C=C[C@@]2(O1)[C@@H](Cl)C(=O)N2c1ccccc1. The van der Waals surface area contributed by atoms with Crippen LogP contribution in [0.25, 0.3) is 0 Å². The van der Waals surface area contributed by atoms with Gasteiger partial charge in [-0.05, 0) is 18.2 Å². The smallest absolute Gasteiger partial charge is 0.333 e. The van der Waals surface area contributed by atoms with Crippen LogP contribution in [0.15, 0.2) is 42.5 Å². The molecule has 1 spiro atoms. The van der Waals surface area contributed by atoms with Gasteiger partial charge in [0.25, 0.3) is 5.91 Å². The molecule has 0 saturated carbocycles. The number of β-lactam (4-membered cyclic amide) rings is 1. The maximum absolute atomic E-state index is 11.8. The Bertz CT molecular complexity index is 528. The third-order valence-electron chi connectivity index (χ3n) is 2.89. The molecule has 2 aliphatic heterocycles. The molecule has 5 heteroatoms. The van der Waals surface area contributed by atoms with E-state index in [4.69, 9.17) is 16.3 Å². The molecule has 4 nitrogen and oxygen atoms in total. The number of anilines is 1. The molecule has 0 aromatic heterocycles. The van der Waals surface area contributed by atoms with Gasteiger partial charge in [0.05, 0.1) is 0 Å². The predicted octanol–water partition coefficient (Wildman–Crippen LogP) is 1.45. The van der Waals surface area contributed by atoms with Crippen molar-refractivity contribution in [3.8, 4) is 0 Å². The van der Waals surface area contributed by atoms with E-state index in [1.54, 1.807) is 24.3 Å². The van der Waals surface area contributed by atoms with Crippen molar-refractivity contribution in [2.75, 3.05) is 4.90 Å². The first-order chi connectivity index (χ1) is 8.15. The molecule has 2 atom stereocenters. The van der Waals surface area contributed by atoms with Crippen molar-refractivity contribution < 1.29 is 14.3 Å². The highest BCUT2D eigenvalue weighted by Crippen LogP contribution is 2.44. The second kappa shape index (κ2) is 3.34. The topological polar surface area (TPSA) is 46.6 Å². The monoisotopic (exact) mass is 249 g/mol. The highest BCUT2D eigenvalue weighted by molar-refractivity contribution is 6.38. The molecular weight excluding hydrogens is 242 g/mol. The van der Waals surface area contributed by atoms with Gasteiger partial charge in [-0.25, -0.2) is 4.79 Å². The van der Waals surface area contributed by atoms with Gasteiger partial charge in [0.1, 0.15) is 0 Å². The van der Waals surface area contributed by atoms with Crippen molar-refractivity contribution >= 4 is 29.2 Å². The third-order valence-corrected chi connectivity index (χ3v) is 3.39. The number of benzene rings is 1. The highest BCUT2D eigenvalue weighted by atomic mass is 35.5. The van der Waals surface area contributed by atoms with E-state index in [0.717, 1.165) is 0 Å². The lowest BCUT2D eigenvalue weighted by Gasteiger charge is -2.50.